The zero-order chi connectivity index (χ0) is 19.3. The molecule has 1 amide bonds. The van der Waals surface area contributed by atoms with E-state index in [-0.39, 0.29) is 17.8 Å². The van der Waals surface area contributed by atoms with E-state index in [0.717, 1.165) is 25.0 Å². The van der Waals surface area contributed by atoms with Crippen molar-refractivity contribution >= 4 is 28.4 Å². The summed E-state index contributed by atoms with van der Waals surface area (Å²) in [6, 6.07) is 14.4. The molecule has 1 aliphatic rings. The van der Waals surface area contributed by atoms with Gasteiger partial charge in [0, 0.05) is 19.6 Å². The van der Waals surface area contributed by atoms with Gasteiger partial charge in [-0.05, 0) is 29.2 Å². The van der Waals surface area contributed by atoms with Gasteiger partial charge in [-0.15, -0.1) is 10.2 Å². The van der Waals surface area contributed by atoms with Crippen LogP contribution in [0.25, 0.3) is 10.8 Å². The van der Waals surface area contributed by atoms with Crippen LogP contribution in [0.5, 0.6) is 0 Å². The van der Waals surface area contributed by atoms with Crippen molar-refractivity contribution < 1.29 is 9.53 Å². The van der Waals surface area contributed by atoms with Crippen molar-refractivity contribution in [1.29, 1.82) is 0 Å². The van der Waals surface area contributed by atoms with E-state index in [1.165, 1.54) is 27.2 Å². The molecule has 0 unspecified atom stereocenters. The zero-order valence-electron chi connectivity index (χ0n) is 15.5. The number of amides is 1. The molecule has 1 aliphatic heterocycles. The van der Waals surface area contributed by atoms with Crippen LogP contribution in [0.2, 0.25) is 0 Å². The first-order valence-corrected chi connectivity index (χ1v) is 10.4. The third-order valence-electron chi connectivity index (χ3n) is 4.85. The van der Waals surface area contributed by atoms with Crippen LogP contribution in [-0.4, -0.2) is 45.8 Å². The monoisotopic (exact) mass is 397 g/mol. The Morgan fingerprint density at radius 3 is 2.96 bits per heavy atom. The first-order valence-electron chi connectivity index (χ1n) is 9.38. The van der Waals surface area contributed by atoms with Gasteiger partial charge in [-0.3, -0.25) is 4.79 Å². The molecular weight excluding hydrogens is 374 g/mol. The number of nitrogens with two attached hydrogens (primary N) is 1. The molecule has 7 nitrogen and oxygen atoms in total. The average Bonchev–Trinajstić information content (AvgIpc) is 3.36. The molecule has 28 heavy (non-hydrogen) atoms. The Bertz CT molecular complexity index is 963. The minimum Gasteiger partial charge on any atom is -0.376 e. The molecule has 3 N–H and O–H groups in total. The number of hydrogen-bond donors (Lipinski definition) is 2. The second kappa shape index (κ2) is 8.62. The summed E-state index contributed by atoms with van der Waals surface area (Å²) in [6.45, 7) is 1.34. The molecule has 2 aromatic carbocycles. The molecule has 146 valence electrons. The van der Waals surface area contributed by atoms with Crippen molar-refractivity contribution in [3.05, 3.63) is 53.9 Å². The highest BCUT2D eigenvalue weighted by molar-refractivity contribution is 7.99. The number of fused-ring (bicyclic) bond motifs is 1. The van der Waals surface area contributed by atoms with Gasteiger partial charge < -0.3 is 15.9 Å². The summed E-state index contributed by atoms with van der Waals surface area (Å²) < 4.78 is 6.98. The highest BCUT2D eigenvalue weighted by Crippen LogP contribution is 2.22. The molecule has 8 heteroatoms. The van der Waals surface area contributed by atoms with Gasteiger partial charge in [0.1, 0.15) is 0 Å². The summed E-state index contributed by atoms with van der Waals surface area (Å²) in [5, 5.41) is 14.2. The Labute approximate surface area is 167 Å². The zero-order valence-corrected chi connectivity index (χ0v) is 16.3. The van der Waals surface area contributed by atoms with Crippen molar-refractivity contribution in [2.75, 3.05) is 24.7 Å². The highest BCUT2D eigenvalue weighted by Gasteiger charge is 2.17. The van der Waals surface area contributed by atoms with E-state index in [1.54, 1.807) is 0 Å². The predicted molar refractivity (Wildman–Crippen MR) is 110 cm³/mol. The summed E-state index contributed by atoms with van der Waals surface area (Å²) in [4.78, 5) is 12.0. The van der Waals surface area contributed by atoms with E-state index >= 15 is 0 Å². The van der Waals surface area contributed by atoms with Gasteiger partial charge in [0.25, 0.3) is 0 Å². The number of nitrogens with zero attached hydrogens (tertiary/aromatic N) is 3. The number of thioether (sulfide) groups is 1. The first kappa shape index (κ1) is 18.8. The number of carbonyl (C=O) groups excluding carboxylic acids is 1. The third-order valence-corrected chi connectivity index (χ3v) is 5.79. The fourth-order valence-corrected chi connectivity index (χ4v) is 4.06. The second-order valence-corrected chi connectivity index (χ2v) is 7.75. The lowest BCUT2D eigenvalue weighted by atomic mass is 10.0. The number of nitrogens with one attached hydrogen (secondary N) is 1. The van der Waals surface area contributed by atoms with Crippen LogP contribution < -0.4 is 11.2 Å². The number of carbonyl (C=O) groups is 1. The van der Waals surface area contributed by atoms with Crippen LogP contribution in [0.4, 0.5) is 0 Å². The Kier molecular flexibility index (Phi) is 5.78. The van der Waals surface area contributed by atoms with Crippen LogP contribution >= 0.6 is 11.8 Å². The Morgan fingerprint density at radius 1 is 1.25 bits per heavy atom. The molecule has 2 heterocycles. The van der Waals surface area contributed by atoms with Crippen molar-refractivity contribution in [3.63, 3.8) is 0 Å². The summed E-state index contributed by atoms with van der Waals surface area (Å²) >= 11 is 1.28. The molecule has 0 bridgehead atoms. The number of rotatable bonds is 7. The number of ether oxygens (including phenoxy) is 1. The van der Waals surface area contributed by atoms with Crippen LogP contribution in [0.3, 0.4) is 0 Å². The van der Waals surface area contributed by atoms with E-state index in [4.69, 9.17) is 10.6 Å². The maximum Gasteiger partial charge on any atom is 0.230 e. The van der Waals surface area contributed by atoms with E-state index in [2.05, 4.69) is 39.8 Å². The van der Waals surface area contributed by atoms with Gasteiger partial charge in [0.15, 0.2) is 5.82 Å². The predicted octanol–water partition coefficient (Wildman–Crippen LogP) is 2.12. The maximum atomic E-state index is 12.0. The minimum absolute atomic E-state index is 0.0564. The Morgan fingerprint density at radius 2 is 2.11 bits per heavy atom. The Hall–Kier alpha value is -2.58. The van der Waals surface area contributed by atoms with Gasteiger partial charge >= 0.3 is 0 Å². The summed E-state index contributed by atoms with van der Waals surface area (Å²) in [5.74, 6) is 7.03. The fourth-order valence-electron chi connectivity index (χ4n) is 3.36. The summed E-state index contributed by atoms with van der Waals surface area (Å²) in [7, 11) is 0. The van der Waals surface area contributed by atoms with Gasteiger partial charge in [0.2, 0.25) is 11.1 Å². The van der Waals surface area contributed by atoms with Gasteiger partial charge in [-0.2, -0.15) is 0 Å². The molecule has 1 fully saturated rings. The highest BCUT2D eigenvalue weighted by atomic mass is 32.2. The van der Waals surface area contributed by atoms with E-state index in [9.17, 15) is 4.79 Å². The Balaban J connectivity index is 1.36. The molecule has 0 aliphatic carbocycles. The topological polar surface area (TPSA) is 95.1 Å². The summed E-state index contributed by atoms with van der Waals surface area (Å²) in [6.07, 6.45) is 2.78. The molecule has 1 aromatic heterocycles. The molecule has 0 radical (unpaired) electrons. The van der Waals surface area contributed by atoms with Crippen LogP contribution in [0, 0.1) is 0 Å². The lowest BCUT2D eigenvalue weighted by Crippen LogP contribution is -2.33. The number of aromatic nitrogens is 3. The first-order chi connectivity index (χ1) is 13.7. The van der Waals surface area contributed by atoms with Crippen molar-refractivity contribution in [2.24, 2.45) is 0 Å². The minimum atomic E-state index is -0.0564. The third kappa shape index (κ3) is 4.28. The van der Waals surface area contributed by atoms with E-state index < -0.39 is 0 Å². The van der Waals surface area contributed by atoms with Crippen LogP contribution in [0.15, 0.2) is 47.6 Å². The van der Waals surface area contributed by atoms with Crippen molar-refractivity contribution in [3.8, 4) is 0 Å². The lowest BCUT2D eigenvalue weighted by molar-refractivity contribution is -0.119. The number of hydrogen-bond acceptors (Lipinski definition) is 6. The SMILES string of the molecule is Nn1c(Cc2cccc3ccccc23)nnc1SCC(=O)NC[C@@H]1CCCO1. The van der Waals surface area contributed by atoms with E-state index in [1.807, 2.05) is 18.2 Å². The molecule has 1 atom stereocenters. The molecule has 0 saturated carbocycles. The second-order valence-electron chi connectivity index (χ2n) is 6.81. The molecule has 4 rings (SSSR count). The largest absolute Gasteiger partial charge is 0.376 e. The smallest absolute Gasteiger partial charge is 0.230 e. The normalized spacial score (nSPS) is 16.5. The summed E-state index contributed by atoms with van der Waals surface area (Å²) in [5.41, 5.74) is 1.14. The van der Waals surface area contributed by atoms with Crippen molar-refractivity contribution in [1.82, 2.24) is 20.2 Å². The average molecular weight is 398 g/mol. The van der Waals surface area contributed by atoms with Gasteiger partial charge in [-0.25, -0.2) is 4.68 Å². The maximum absolute atomic E-state index is 12.0. The molecule has 0 spiro atoms. The van der Waals surface area contributed by atoms with E-state index in [0.29, 0.717) is 23.9 Å². The quantitative estimate of drug-likeness (QED) is 0.468. The molecular formula is C20H23N5O2S. The molecule has 1 saturated heterocycles. The molecule has 3 aromatic rings. The van der Waals surface area contributed by atoms with Crippen molar-refractivity contribution in [2.45, 2.75) is 30.5 Å². The van der Waals surface area contributed by atoms with Gasteiger partial charge in [0.05, 0.1) is 11.9 Å². The van der Waals surface area contributed by atoms with Gasteiger partial charge in [-0.1, -0.05) is 54.2 Å². The lowest BCUT2D eigenvalue weighted by Gasteiger charge is -2.10. The van der Waals surface area contributed by atoms with Crippen LogP contribution in [-0.2, 0) is 16.0 Å². The fraction of sp³-hybridized carbons (Fsp3) is 0.350. The number of benzene rings is 2. The number of nitrogen functional groups attached to an aromatic ring is 1. The van der Waals surface area contributed by atoms with Crippen LogP contribution in [0.1, 0.15) is 24.2 Å². The standard InChI is InChI=1S/C20H23N5O2S/c21-25-18(11-15-7-3-6-14-5-1-2-9-17(14)15)23-24-20(25)28-13-19(26)22-12-16-8-4-10-27-16/h1-3,5-7,9,16H,4,8,10-13,21H2,(H,22,26)/t16-/m0/s1.